The van der Waals surface area contributed by atoms with E-state index in [0.717, 1.165) is 77.0 Å². The molecule has 0 saturated carbocycles. The van der Waals surface area contributed by atoms with Crippen LogP contribution in [0.1, 0.15) is 296 Å². The normalized spacial score (nSPS) is 13.7. The van der Waals surface area contributed by atoms with Gasteiger partial charge in [0.05, 0.1) is 27.7 Å². The number of allylic oxidation sites excluding steroid dienone is 14. The van der Waals surface area contributed by atoms with E-state index in [-0.39, 0.29) is 25.6 Å². The second-order valence-electron chi connectivity index (χ2n) is 23.5. The molecule has 0 heterocycles. The molecule has 0 fully saturated rings. The maximum atomic E-state index is 12.8. The molecule has 0 amide bonds. The molecule has 0 bridgehead atoms. The Morgan fingerprint density at radius 2 is 0.713 bits per heavy atom. The molecule has 10 heteroatoms. The highest BCUT2D eigenvalue weighted by Crippen LogP contribution is 2.43. The summed E-state index contributed by atoms with van der Waals surface area (Å²) in [6.45, 7) is 4.35. The number of unbranched alkanes of at least 4 members (excludes halogenated alkanes) is 33. The summed E-state index contributed by atoms with van der Waals surface area (Å²) in [5.41, 5.74) is 0. The molecule has 0 radical (unpaired) electrons. The third kappa shape index (κ3) is 64.4. The number of rotatable bonds is 61. The van der Waals surface area contributed by atoms with Crippen LogP contribution < -0.4 is 0 Å². The number of hydrogen-bond donors (Lipinski definition) is 1. The van der Waals surface area contributed by atoms with Gasteiger partial charge in [-0.2, -0.15) is 0 Å². The van der Waals surface area contributed by atoms with E-state index in [1.54, 1.807) is 0 Å². The van der Waals surface area contributed by atoms with Gasteiger partial charge in [0, 0.05) is 12.8 Å². The highest BCUT2D eigenvalue weighted by atomic mass is 31.2. The van der Waals surface area contributed by atoms with Gasteiger partial charge in [-0.1, -0.05) is 298 Å². The van der Waals surface area contributed by atoms with Crippen LogP contribution in [0.4, 0.5) is 0 Å². The van der Waals surface area contributed by atoms with Crippen LogP contribution >= 0.6 is 7.82 Å². The fraction of sp³-hybridized carbons (Fsp3) is 0.771. The van der Waals surface area contributed by atoms with Crippen LogP contribution in [0, 0.1) is 0 Å². The van der Waals surface area contributed by atoms with Crippen molar-refractivity contribution in [2.45, 2.75) is 302 Å². The van der Waals surface area contributed by atoms with E-state index in [4.69, 9.17) is 18.5 Å². The van der Waals surface area contributed by atoms with Gasteiger partial charge in [0.1, 0.15) is 19.8 Å². The molecule has 0 saturated heterocycles. The molecule has 80 heavy (non-hydrogen) atoms. The molecule has 1 N–H and O–H groups in total. The SMILES string of the molecule is CC/C=C\C/C=C\C/C=C\C/C=C\C/C=C\C/C=C\C/C=C\CCCCCCCCCCCCCCCCCCCCCC(=O)OC(COC(=O)CCCCCCCCCCCCCCCCC)COP(=O)(O)OCC[N+](C)(C)C. The lowest BCUT2D eigenvalue weighted by atomic mass is 10.0. The van der Waals surface area contributed by atoms with Crippen LogP contribution in [0.2, 0.25) is 0 Å². The molecule has 2 unspecified atom stereocenters. The minimum Gasteiger partial charge on any atom is -0.462 e. The van der Waals surface area contributed by atoms with Crippen LogP contribution in [0.15, 0.2) is 85.1 Å². The van der Waals surface area contributed by atoms with E-state index in [1.165, 1.54) is 186 Å². The minimum atomic E-state index is -4.39. The van der Waals surface area contributed by atoms with E-state index in [2.05, 4.69) is 98.9 Å². The molecule has 0 aromatic carbocycles. The van der Waals surface area contributed by atoms with E-state index in [0.29, 0.717) is 23.9 Å². The van der Waals surface area contributed by atoms with Gasteiger partial charge in [0.25, 0.3) is 0 Å². The number of esters is 2. The van der Waals surface area contributed by atoms with Crippen LogP contribution in [0.25, 0.3) is 0 Å². The van der Waals surface area contributed by atoms with Crippen LogP contribution in [-0.2, 0) is 32.7 Å². The van der Waals surface area contributed by atoms with Gasteiger partial charge in [-0.3, -0.25) is 18.6 Å². The minimum absolute atomic E-state index is 0.0327. The molecule has 0 aliphatic carbocycles. The maximum absolute atomic E-state index is 12.8. The van der Waals surface area contributed by atoms with Crippen molar-refractivity contribution >= 4 is 19.8 Å². The predicted molar refractivity (Wildman–Crippen MR) is 344 cm³/mol. The Bertz CT molecular complexity index is 1630. The number of hydrogen-bond acceptors (Lipinski definition) is 7. The predicted octanol–water partition coefficient (Wildman–Crippen LogP) is 21.4. The summed E-state index contributed by atoms with van der Waals surface area (Å²) in [7, 11) is 1.49. The summed E-state index contributed by atoms with van der Waals surface area (Å²) < 4.78 is 34.6. The van der Waals surface area contributed by atoms with Crippen molar-refractivity contribution in [2.24, 2.45) is 0 Å². The standard InChI is InChI=1S/C70H126NO8P/c1-6-8-10-12-14-16-18-20-22-23-24-25-26-27-28-29-30-31-32-33-34-35-36-37-38-39-40-41-42-43-44-45-46-47-49-51-53-55-57-59-61-63-70(73)79-68(67-78-80(74,75)77-65-64-71(3,4)5)66-76-69(72)62-60-58-56-54-52-50-48-21-19-17-15-13-11-9-7-2/h8,10,14,16,20,22,24-25,27-28,30-31,33-34,68H,6-7,9,11-13,15,17-19,21,23,26,29,32,35-67H2,1-5H3/p+1/b10-8-,16-14-,22-20-,25-24-,28-27-,31-30-,34-33-. The van der Waals surface area contributed by atoms with Crippen molar-refractivity contribution in [2.75, 3.05) is 47.5 Å². The van der Waals surface area contributed by atoms with Crippen LogP contribution in [-0.4, -0.2) is 74.9 Å². The maximum Gasteiger partial charge on any atom is 0.472 e. The zero-order chi connectivity index (χ0) is 58.4. The summed E-state index contributed by atoms with van der Waals surface area (Å²) in [4.78, 5) is 35.7. The van der Waals surface area contributed by atoms with Gasteiger partial charge >= 0.3 is 19.8 Å². The van der Waals surface area contributed by atoms with E-state index in [9.17, 15) is 19.0 Å². The van der Waals surface area contributed by atoms with E-state index >= 15 is 0 Å². The quantitative estimate of drug-likeness (QED) is 0.0211. The fourth-order valence-electron chi connectivity index (χ4n) is 9.35. The van der Waals surface area contributed by atoms with Crippen molar-refractivity contribution in [3.8, 4) is 0 Å². The lowest BCUT2D eigenvalue weighted by Crippen LogP contribution is -2.37. The molecule has 0 rings (SSSR count). The second kappa shape index (κ2) is 60.8. The summed E-state index contributed by atoms with van der Waals surface area (Å²) in [5, 5.41) is 0. The number of quaternary nitrogens is 1. The monoisotopic (exact) mass is 1140 g/mol. The third-order valence-corrected chi connectivity index (χ3v) is 15.4. The van der Waals surface area contributed by atoms with E-state index in [1.807, 2.05) is 21.1 Å². The lowest BCUT2D eigenvalue weighted by Gasteiger charge is -2.24. The lowest BCUT2D eigenvalue weighted by molar-refractivity contribution is -0.870. The Hall–Kier alpha value is -2.81. The molecule has 0 aliphatic rings. The molecule has 0 aliphatic heterocycles. The van der Waals surface area contributed by atoms with Crippen molar-refractivity contribution in [3.63, 3.8) is 0 Å². The number of ether oxygens (including phenoxy) is 2. The first-order chi connectivity index (χ1) is 39.0. The molecular formula is C70H127NO8P+. The first-order valence-corrected chi connectivity index (χ1v) is 34.8. The zero-order valence-electron chi connectivity index (χ0n) is 52.8. The molecule has 0 aromatic heterocycles. The van der Waals surface area contributed by atoms with Crippen molar-refractivity contribution < 1.29 is 42.1 Å². The van der Waals surface area contributed by atoms with Crippen molar-refractivity contribution in [3.05, 3.63) is 85.1 Å². The smallest absolute Gasteiger partial charge is 0.462 e. The highest BCUT2D eigenvalue weighted by molar-refractivity contribution is 7.47. The third-order valence-electron chi connectivity index (χ3n) is 14.4. The second-order valence-corrected chi connectivity index (χ2v) is 24.9. The van der Waals surface area contributed by atoms with Gasteiger partial charge in [0.15, 0.2) is 6.10 Å². The molecule has 464 valence electrons. The number of phosphoric acid groups is 1. The average molecular weight is 1140 g/mol. The topological polar surface area (TPSA) is 108 Å². The fourth-order valence-corrected chi connectivity index (χ4v) is 10.1. The number of nitrogens with zero attached hydrogens (tertiary/aromatic N) is 1. The molecule has 2 atom stereocenters. The number of likely N-dealkylation sites (N-methyl/N-ethyl adjacent to an activating group) is 1. The van der Waals surface area contributed by atoms with Gasteiger partial charge < -0.3 is 18.9 Å². The molecular weight excluding hydrogens is 1010 g/mol. The van der Waals surface area contributed by atoms with Crippen LogP contribution in [0.3, 0.4) is 0 Å². The van der Waals surface area contributed by atoms with Gasteiger partial charge in [-0.25, -0.2) is 4.57 Å². The molecule has 0 aromatic rings. The molecule has 9 nitrogen and oxygen atoms in total. The zero-order valence-corrected chi connectivity index (χ0v) is 53.7. The van der Waals surface area contributed by atoms with Gasteiger partial charge in [0.2, 0.25) is 0 Å². The Morgan fingerprint density at radius 1 is 0.400 bits per heavy atom. The van der Waals surface area contributed by atoms with Crippen molar-refractivity contribution in [1.29, 1.82) is 0 Å². The average Bonchev–Trinajstić information content (AvgIpc) is 3.42. The number of carbonyl (C=O) groups is 2. The summed E-state index contributed by atoms with van der Waals surface area (Å²) in [6.07, 6.45) is 82.6. The van der Waals surface area contributed by atoms with E-state index < -0.39 is 26.5 Å². The summed E-state index contributed by atoms with van der Waals surface area (Å²) in [5.74, 6) is -0.784. The molecule has 0 spiro atoms. The highest BCUT2D eigenvalue weighted by Gasteiger charge is 2.27. The summed E-state index contributed by atoms with van der Waals surface area (Å²) in [6, 6.07) is 0. The number of phosphoric ester groups is 1. The van der Waals surface area contributed by atoms with Gasteiger partial charge in [-0.15, -0.1) is 0 Å². The number of carbonyl (C=O) groups excluding carboxylic acids is 2. The first-order valence-electron chi connectivity index (χ1n) is 33.3. The van der Waals surface area contributed by atoms with Gasteiger partial charge in [-0.05, 0) is 70.6 Å². The first kappa shape index (κ1) is 77.2. The Labute approximate surface area is 494 Å². The van der Waals surface area contributed by atoms with Crippen molar-refractivity contribution in [1.82, 2.24) is 0 Å². The Kier molecular flexibility index (Phi) is 58.6. The Balaban J connectivity index is 3.93. The Morgan fingerprint density at radius 3 is 1.06 bits per heavy atom. The largest absolute Gasteiger partial charge is 0.472 e. The summed E-state index contributed by atoms with van der Waals surface area (Å²) >= 11 is 0. The van der Waals surface area contributed by atoms with Crippen LogP contribution in [0.5, 0.6) is 0 Å².